The van der Waals surface area contributed by atoms with Crippen LogP contribution in [-0.2, 0) is 13.1 Å². The molecule has 3 heterocycles. The van der Waals surface area contributed by atoms with Gasteiger partial charge in [-0.1, -0.05) is 18.2 Å². The van der Waals surface area contributed by atoms with Crippen LogP contribution in [0.3, 0.4) is 0 Å². The van der Waals surface area contributed by atoms with E-state index in [1.807, 2.05) is 4.52 Å². The highest BCUT2D eigenvalue weighted by Gasteiger charge is 2.12. The van der Waals surface area contributed by atoms with Crippen molar-refractivity contribution >= 4 is 27.9 Å². The predicted molar refractivity (Wildman–Crippen MR) is 92.6 cm³/mol. The zero-order chi connectivity index (χ0) is 15.8. The number of nitrogens with one attached hydrogen (secondary N) is 1. The molecule has 0 saturated heterocycles. The van der Waals surface area contributed by atoms with E-state index in [1.54, 1.807) is 11.3 Å². The Bertz CT molecular complexity index is 972. The van der Waals surface area contributed by atoms with Crippen molar-refractivity contribution in [3.63, 3.8) is 0 Å². The first-order valence-electron chi connectivity index (χ1n) is 7.57. The standard InChI is InChI=1S/C17H17N5S/c1-11-5-6-13-8-14(9-18-10-15-4-3-7-23-15)17-19-20-21-22(17)16(13)12(11)2/h3-8,18H,9-10H2,1-2H3. The third kappa shape index (κ3) is 2.50. The van der Waals surface area contributed by atoms with Gasteiger partial charge < -0.3 is 5.32 Å². The van der Waals surface area contributed by atoms with Gasteiger partial charge in [-0.05, 0) is 52.9 Å². The van der Waals surface area contributed by atoms with Crippen molar-refractivity contribution in [2.24, 2.45) is 0 Å². The van der Waals surface area contributed by atoms with Gasteiger partial charge in [0.25, 0.3) is 0 Å². The highest BCUT2D eigenvalue weighted by Crippen LogP contribution is 2.24. The summed E-state index contributed by atoms with van der Waals surface area (Å²) < 4.78 is 1.86. The lowest BCUT2D eigenvalue weighted by molar-refractivity contribution is 0.701. The summed E-state index contributed by atoms with van der Waals surface area (Å²) in [6, 6.07) is 10.7. The molecule has 3 aromatic heterocycles. The fraction of sp³-hybridized carbons (Fsp3) is 0.235. The molecule has 0 aliphatic rings. The molecule has 0 aliphatic heterocycles. The summed E-state index contributed by atoms with van der Waals surface area (Å²) in [6.07, 6.45) is 0. The second-order valence-corrected chi connectivity index (χ2v) is 6.74. The molecule has 0 atom stereocenters. The predicted octanol–water partition coefficient (Wildman–Crippen LogP) is 3.25. The van der Waals surface area contributed by atoms with Gasteiger partial charge in [0.15, 0.2) is 5.65 Å². The molecule has 0 fully saturated rings. The minimum Gasteiger partial charge on any atom is -0.308 e. The van der Waals surface area contributed by atoms with Crippen molar-refractivity contribution in [1.82, 2.24) is 25.4 Å². The van der Waals surface area contributed by atoms with Crippen molar-refractivity contribution in [3.05, 3.63) is 57.3 Å². The number of aryl methyl sites for hydroxylation is 2. The third-order valence-electron chi connectivity index (χ3n) is 4.23. The molecule has 4 aromatic rings. The number of aromatic nitrogens is 4. The fourth-order valence-corrected chi connectivity index (χ4v) is 3.55. The molecule has 0 aliphatic carbocycles. The topological polar surface area (TPSA) is 55.1 Å². The minimum absolute atomic E-state index is 0.741. The van der Waals surface area contributed by atoms with Crippen LogP contribution >= 0.6 is 11.3 Å². The first-order chi connectivity index (χ1) is 11.2. The van der Waals surface area contributed by atoms with Gasteiger partial charge in [0.2, 0.25) is 0 Å². The zero-order valence-electron chi connectivity index (χ0n) is 13.1. The van der Waals surface area contributed by atoms with E-state index in [9.17, 15) is 0 Å². The van der Waals surface area contributed by atoms with Crippen LogP contribution in [0.2, 0.25) is 0 Å². The number of nitrogens with zero attached hydrogens (tertiary/aromatic N) is 4. The summed E-state index contributed by atoms with van der Waals surface area (Å²) in [5, 5.41) is 19.0. The van der Waals surface area contributed by atoms with Gasteiger partial charge in [-0.3, -0.25) is 0 Å². The Kier molecular flexibility index (Phi) is 3.55. The van der Waals surface area contributed by atoms with Gasteiger partial charge in [-0.25, -0.2) is 0 Å². The molecule has 0 amide bonds. The SMILES string of the molecule is Cc1ccc2cc(CNCc3cccs3)c3nnnn3c2c1C. The first kappa shape index (κ1) is 14.3. The molecule has 0 saturated carbocycles. The normalized spacial score (nSPS) is 11.6. The molecule has 116 valence electrons. The monoisotopic (exact) mass is 323 g/mol. The molecule has 4 rings (SSSR count). The smallest absolute Gasteiger partial charge is 0.184 e. The Balaban J connectivity index is 1.74. The van der Waals surface area contributed by atoms with Crippen LogP contribution in [-0.4, -0.2) is 20.0 Å². The van der Waals surface area contributed by atoms with Crippen LogP contribution in [0.5, 0.6) is 0 Å². The number of benzene rings is 1. The van der Waals surface area contributed by atoms with E-state index >= 15 is 0 Å². The Morgan fingerprint density at radius 3 is 2.91 bits per heavy atom. The Morgan fingerprint density at radius 1 is 1.17 bits per heavy atom. The summed E-state index contributed by atoms with van der Waals surface area (Å²) in [7, 11) is 0. The molecule has 23 heavy (non-hydrogen) atoms. The molecule has 6 heteroatoms. The van der Waals surface area contributed by atoms with Crippen LogP contribution < -0.4 is 5.32 Å². The molecular formula is C17H17N5S. The quantitative estimate of drug-likeness (QED) is 0.626. The molecule has 0 bridgehead atoms. The van der Waals surface area contributed by atoms with Gasteiger partial charge in [0, 0.05) is 28.9 Å². The summed E-state index contributed by atoms with van der Waals surface area (Å²) in [5.74, 6) is 0. The summed E-state index contributed by atoms with van der Waals surface area (Å²) in [4.78, 5) is 1.33. The van der Waals surface area contributed by atoms with Crippen LogP contribution in [0.25, 0.3) is 16.6 Å². The second kappa shape index (κ2) is 5.72. The molecule has 0 unspecified atom stereocenters. The van der Waals surface area contributed by atoms with Gasteiger partial charge in [-0.15, -0.1) is 16.4 Å². The van der Waals surface area contributed by atoms with Crippen LogP contribution in [0.4, 0.5) is 0 Å². The van der Waals surface area contributed by atoms with Crippen molar-refractivity contribution in [2.45, 2.75) is 26.9 Å². The molecule has 1 aromatic carbocycles. The molecule has 5 nitrogen and oxygen atoms in total. The number of hydrogen-bond acceptors (Lipinski definition) is 5. The van der Waals surface area contributed by atoms with E-state index in [2.05, 4.69) is 70.4 Å². The average Bonchev–Trinajstić information content (AvgIpc) is 3.22. The van der Waals surface area contributed by atoms with Crippen LogP contribution in [0.1, 0.15) is 21.6 Å². The summed E-state index contributed by atoms with van der Waals surface area (Å²) in [6.45, 7) is 5.83. The Labute approximate surface area is 138 Å². The highest BCUT2D eigenvalue weighted by atomic mass is 32.1. The lowest BCUT2D eigenvalue weighted by atomic mass is 10.0. The maximum atomic E-state index is 4.22. The third-order valence-corrected chi connectivity index (χ3v) is 5.10. The average molecular weight is 323 g/mol. The minimum atomic E-state index is 0.741. The summed E-state index contributed by atoms with van der Waals surface area (Å²) >= 11 is 1.76. The van der Waals surface area contributed by atoms with Crippen LogP contribution in [0, 0.1) is 13.8 Å². The second-order valence-electron chi connectivity index (χ2n) is 5.71. The fourth-order valence-electron chi connectivity index (χ4n) is 2.87. The lowest BCUT2D eigenvalue weighted by Gasteiger charge is -2.10. The van der Waals surface area contributed by atoms with E-state index in [0.29, 0.717) is 0 Å². The number of hydrogen-bond donors (Lipinski definition) is 1. The van der Waals surface area contributed by atoms with Gasteiger partial charge in [-0.2, -0.15) is 4.52 Å². The van der Waals surface area contributed by atoms with Crippen molar-refractivity contribution in [3.8, 4) is 0 Å². The van der Waals surface area contributed by atoms with E-state index in [0.717, 1.165) is 29.8 Å². The first-order valence-corrected chi connectivity index (χ1v) is 8.45. The lowest BCUT2D eigenvalue weighted by Crippen LogP contribution is -2.13. The molecule has 1 N–H and O–H groups in total. The van der Waals surface area contributed by atoms with Gasteiger partial charge in [0.05, 0.1) is 5.52 Å². The number of rotatable bonds is 4. The van der Waals surface area contributed by atoms with E-state index in [1.165, 1.54) is 21.4 Å². The van der Waals surface area contributed by atoms with E-state index in [4.69, 9.17) is 0 Å². The number of tetrazole rings is 1. The number of thiophene rings is 1. The molecular weight excluding hydrogens is 306 g/mol. The summed E-state index contributed by atoms with van der Waals surface area (Å²) in [5.41, 5.74) is 5.50. The molecule has 0 radical (unpaired) electrons. The molecule has 0 spiro atoms. The zero-order valence-corrected chi connectivity index (χ0v) is 13.9. The number of pyridine rings is 1. The maximum absolute atomic E-state index is 4.22. The van der Waals surface area contributed by atoms with E-state index in [-0.39, 0.29) is 0 Å². The van der Waals surface area contributed by atoms with Crippen molar-refractivity contribution in [1.29, 1.82) is 0 Å². The van der Waals surface area contributed by atoms with Crippen LogP contribution in [0.15, 0.2) is 35.7 Å². The maximum Gasteiger partial charge on any atom is 0.184 e. The van der Waals surface area contributed by atoms with Crippen molar-refractivity contribution < 1.29 is 0 Å². The van der Waals surface area contributed by atoms with Gasteiger partial charge >= 0.3 is 0 Å². The van der Waals surface area contributed by atoms with E-state index < -0.39 is 0 Å². The number of fused-ring (bicyclic) bond motifs is 3. The largest absolute Gasteiger partial charge is 0.308 e. The van der Waals surface area contributed by atoms with Crippen molar-refractivity contribution in [2.75, 3.05) is 0 Å². The highest BCUT2D eigenvalue weighted by molar-refractivity contribution is 7.09. The Morgan fingerprint density at radius 2 is 2.09 bits per heavy atom. The Hall–Kier alpha value is -2.31. The van der Waals surface area contributed by atoms with Gasteiger partial charge in [0.1, 0.15) is 0 Å².